The molecule has 1 aromatic carbocycles. The molecule has 0 bridgehead atoms. The molecule has 18 heavy (non-hydrogen) atoms. The number of hydrogen-bond acceptors (Lipinski definition) is 3. The number of carbonyl (C=O) groups is 1. The van der Waals surface area contributed by atoms with Crippen LogP contribution in [0.4, 0.5) is 0 Å². The van der Waals surface area contributed by atoms with Crippen LogP contribution in [0.1, 0.15) is 17.5 Å². The zero-order chi connectivity index (χ0) is 12.8. The number of nitrogens with one attached hydrogen (secondary N) is 1. The Kier molecular flexibility index (Phi) is 4.59. The zero-order valence-electron chi connectivity index (χ0n) is 10.7. The van der Waals surface area contributed by atoms with Crippen molar-refractivity contribution in [3.63, 3.8) is 0 Å². The second-order valence-corrected chi connectivity index (χ2v) is 4.41. The summed E-state index contributed by atoms with van der Waals surface area (Å²) in [6.07, 6.45) is 2.22. The van der Waals surface area contributed by atoms with E-state index in [1.165, 1.54) is 5.56 Å². The summed E-state index contributed by atoms with van der Waals surface area (Å²) >= 11 is 0. The third-order valence-electron chi connectivity index (χ3n) is 2.97. The van der Waals surface area contributed by atoms with Gasteiger partial charge in [-0.2, -0.15) is 0 Å². The van der Waals surface area contributed by atoms with Gasteiger partial charge in [-0.05, 0) is 23.6 Å². The van der Waals surface area contributed by atoms with Gasteiger partial charge in [-0.25, -0.2) is 0 Å². The first-order valence-electron chi connectivity index (χ1n) is 6.30. The molecule has 1 aliphatic rings. The van der Waals surface area contributed by atoms with E-state index in [0.29, 0.717) is 19.6 Å². The molecule has 2 rings (SSSR count). The van der Waals surface area contributed by atoms with E-state index >= 15 is 0 Å². The number of benzene rings is 1. The van der Waals surface area contributed by atoms with Crippen molar-refractivity contribution in [3.8, 4) is 5.75 Å². The van der Waals surface area contributed by atoms with E-state index in [1.807, 2.05) is 12.1 Å². The summed E-state index contributed by atoms with van der Waals surface area (Å²) in [6, 6.07) is 5.98. The molecular weight excluding hydrogens is 230 g/mol. The molecule has 1 N–H and O–H groups in total. The van der Waals surface area contributed by atoms with Gasteiger partial charge in [0, 0.05) is 26.7 Å². The Labute approximate surface area is 107 Å². The minimum absolute atomic E-state index is 0.0602. The highest BCUT2D eigenvalue weighted by atomic mass is 16.5. The Morgan fingerprint density at radius 2 is 2.39 bits per heavy atom. The number of rotatable bonds is 6. The van der Waals surface area contributed by atoms with E-state index in [9.17, 15) is 4.79 Å². The molecule has 98 valence electrons. The predicted molar refractivity (Wildman–Crippen MR) is 68.8 cm³/mol. The number of hydrogen-bond donors (Lipinski definition) is 1. The largest absolute Gasteiger partial charge is 0.493 e. The summed E-state index contributed by atoms with van der Waals surface area (Å²) in [4.78, 5) is 11.7. The summed E-state index contributed by atoms with van der Waals surface area (Å²) < 4.78 is 10.4. The van der Waals surface area contributed by atoms with Gasteiger partial charge in [-0.15, -0.1) is 0 Å². The molecule has 1 amide bonds. The number of carbonyl (C=O) groups excluding carboxylic acids is 1. The zero-order valence-corrected chi connectivity index (χ0v) is 10.7. The smallest absolute Gasteiger partial charge is 0.224 e. The van der Waals surface area contributed by atoms with Gasteiger partial charge in [-0.1, -0.05) is 12.1 Å². The van der Waals surface area contributed by atoms with E-state index < -0.39 is 0 Å². The van der Waals surface area contributed by atoms with Gasteiger partial charge in [0.1, 0.15) is 5.75 Å². The molecule has 4 heteroatoms. The van der Waals surface area contributed by atoms with E-state index in [2.05, 4.69) is 11.4 Å². The Hall–Kier alpha value is -1.55. The van der Waals surface area contributed by atoms with Crippen molar-refractivity contribution in [2.75, 3.05) is 26.9 Å². The molecule has 0 fully saturated rings. The molecule has 0 spiro atoms. The van der Waals surface area contributed by atoms with Crippen molar-refractivity contribution >= 4 is 5.91 Å². The minimum Gasteiger partial charge on any atom is -0.493 e. The fourth-order valence-electron chi connectivity index (χ4n) is 2.04. The van der Waals surface area contributed by atoms with Crippen LogP contribution in [0.2, 0.25) is 0 Å². The number of ether oxygens (including phenoxy) is 2. The first kappa shape index (κ1) is 12.9. The van der Waals surface area contributed by atoms with Crippen molar-refractivity contribution in [2.45, 2.75) is 19.3 Å². The summed E-state index contributed by atoms with van der Waals surface area (Å²) in [5.74, 6) is 1.02. The highest BCUT2D eigenvalue weighted by Crippen LogP contribution is 2.25. The van der Waals surface area contributed by atoms with Gasteiger partial charge in [0.15, 0.2) is 0 Å². The number of fused-ring (bicyclic) bond motifs is 1. The van der Waals surface area contributed by atoms with Crippen molar-refractivity contribution in [1.82, 2.24) is 5.32 Å². The van der Waals surface area contributed by atoms with Crippen LogP contribution in [0.5, 0.6) is 5.75 Å². The van der Waals surface area contributed by atoms with E-state index in [-0.39, 0.29) is 5.91 Å². The maximum atomic E-state index is 11.7. The summed E-state index contributed by atoms with van der Waals surface area (Å²) in [7, 11) is 1.66. The lowest BCUT2D eigenvalue weighted by molar-refractivity contribution is -0.120. The number of amides is 1. The van der Waals surface area contributed by atoms with Gasteiger partial charge in [-0.3, -0.25) is 4.79 Å². The van der Waals surface area contributed by atoms with Crippen LogP contribution in [0.25, 0.3) is 0 Å². The quantitative estimate of drug-likeness (QED) is 0.773. The lowest BCUT2D eigenvalue weighted by atomic mass is 10.1. The van der Waals surface area contributed by atoms with Crippen molar-refractivity contribution < 1.29 is 14.3 Å². The van der Waals surface area contributed by atoms with Gasteiger partial charge in [0.2, 0.25) is 5.91 Å². The third-order valence-corrected chi connectivity index (χ3v) is 2.97. The summed E-state index contributed by atoms with van der Waals surface area (Å²) in [5.41, 5.74) is 2.25. The molecule has 0 aliphatic carbocycles. The van der Waals surface area contributed by atoms with Gasteiger partial charge < -0.3 is 14.8 Å². The fourth-order valence-corrected chi connectivity index (χ4v) is 2.04. The lowest BCUT2D eigenvalue weighted by Crippen LogP contribution is -2.26. The van der Waals surface area contributed by atoms with Gasteiger partial charge >= 0.3 is 0 Å². The fraction of sp³-hybridized carbons (Fsp3) is 0.500. The SMILES string of the molecule is COCCCNC(=O)Cc1ccc2c(c1)CCO2. The first-order chi connectivity index (χ1) is 8.79. The van der Waals surface area contributed by atoms with Crippen LogP contribution in [-0.2, 0) is 22.4 Å². The van der Waals surface area contributed by atoms with Crippen LogP contribution in [-0.4, -0.2) is 32.8 Å². The Morgan fingerprint density at radius 1 is 1.50 bits per heavy atom. The molecule has 0 radical (unpaired) electrons. The monoisotopic (exact) mass is 249 g/mol. The lowest BCUT2D eigenvalue weighted by Gasteiger charge is -2.06. The Bertz CT molecular complexity index is 418. The third kappa shape index (κ3) is 3.47. The normalized spacial score (nSPS) is 12.9. The molecule has 0 atom stereocenters. The average Bonchev–Trinajstić information content (AvgIpc) is 2.82. The molecule has 4 nitrogen and oxygen atoms in total. The van der Waals surface area contributed by atoms with Crippen LogP contribution in [0, 0.1) is 0 Å². The van der Waals surface area contributed by atoms with Crippen LogP contribution in [0.3, 0.4) is 0 Å². The van der Waals surface area contributed by atoms with Crippen LogP contribution in [0.15, 0.2) is 18.2 Å². The van der Waals surface area contributed by atoms with Crippen LogP contribution >= 0.6 is 0 Å². The molecule has 0 aromatic heterocycles. The maximum Gasteiger partial charge on any atom is 0.224 e. The Morgan fingerprint density at radius 3 is 3.22 bits per heavy atom. The molecule has 1 aliphatic heterocycles. The molecule has 1 aromatic rings. The summed E-state index contributed by atoms with van der Waals surface area (Å²) in [6.45, 7) is 2.10. The van der Waals surface area contributed by atoms with Crippen molar-refractivity contribution in [1.29, 1.82) is 0 Å². The van der Waals surface area contributed by atoms with Crippen molar-refractivity contribution in [2.24, 2.45) is 0 Å². The molecule has 0 saturated carbocycles. The second kappa shape index (κ2) is 6.40. The number of methoxy groups -OCH3 is 1. The minimum atomic E-state index is 0.0602. The first-order valence-corrected chi connectivity index (χ1v) is 6.30. The van der Waals surface area contributed by atoms with Gasteiger partial charge in [0.05, 0.1) is 13.0 Å². The topological polar surface area (TPSA) is 47.6 Å². The molecule has 0 saturated heterocycles. The highest BCUT2D eigenvalue weighted by molar-refractivity contribution is 5.78. The van der Waals surface area contributed by atoms with Crippen LogP contribution < -0.4 is 10.1 Å². The van der Waals surface area contributed by atoms with E-state index in [0.717, 1.165) is 30.8 Å². The Balaban J connectivity index is 1.80. The molecule has 0 unspecified atom stereocenters. The average molecular weight is 249 g/mol. The van der Waals surface area contributed by atoms with Gasteiger partial charge in [0.25, 0.3) is 0 Å². The summed E-state index contributed by atoms with van der Waals surface area (Å²) in [5, 5.41) is 2.88. The van der Waals surface area contributed by atoms with E-state index in [4.69, 9.17) is 9.47 Å². The molecular formula is C14H19NO3. The standard InChI is InChI=1S/C14H19NO3/c1-17-7-2-6-15-14(16)10-11-3-4-13-12(9-11)5-8-18-13/h3-4,9H,2,5-8,10H2,1H3,(H,15,16). The molecule has 1 heterocycles. The van der Waals surface area contributed by atoms with Crippen molar-refractivity contribution in [3.05, 3.63) is 29.3 Å². The predicted octanol–water partition coefficient (Wildman–Crippen LogP) is 1.32. The highest BCUT2D eigenvalue weighted by Gasteiger charge is 2.13. The second-order valence-electron chi connectivity index (χ2n) is 4.41. The maximum absolute atomic E-state index is 11.7. The van der Waals surface area contributed by atoms with E-state index in [1.54, 1.807) is 7.11 Å².